The lowest BCUT2D eigenvalue weighted by Crippen LogP contribution is -2.34. The van der Waals surface area contributed by atoms with Gasteiger partial charge in [0.2, 0.25) is 11.8 Å². The van der Waals surface area contributed by atoms with Gasteiger partial charge in [0, 0.05) is 18.0 Å². The fourth-order valence-corrected chi connectivity index (χ4v) is 3.80. The maximum atomic E-state index is 12.6. The molecule has 154 valence electrons. The first-order valence-corrected chi connectivity index (χ1v) is 10.2. The number of aryl methyl sites for hydroxylation is 3. The van der Waals surface area contributed by atoms with E-state index in [1.54, 1.807) is 0 Å². The molecule has 0 heterocycles. The highest BCUT2D eigenvalue weighted by Crippen LogP contribution is 2.27. The van der Waals surface area contributed by atoms with E-state index in [9.17, 15) is 9.59 Å². The number of amides is 2. The van der Waals surface area contributed by atoms with Crippen LogP contribution < -0.4 is 10.6 Å². The monoisotopic (exact) mass is 400 g/mol. The van der Waals surface area contributed by atoms with Crippen molar-refractivity contribution in [3.8, 4) is 0 Å². The molecular formula is C26H28N2O2. The quantitative estimate of drug-likeness (QED) is 0.593. The lowest BCUT2D eigenvalue weighted by molar-refractivity contribution is -0.124. The Bertz CT molecular complexity index is 951. The van der Waals surface area contributed by atoms with Gasteiger partial charge in [-0.05, 0) is 43.0 Å². The van der Waals surface area contributed by atoms with Gasteiger partial charge in [0.25, 0.3) is 0 Å². The lowest BCUT2D eigenvalue weighted by atomic mass is 9.88. The third kappa shape index (κ3) is 5.57. The average Bonchev–Trinajstić information content (AvgIpc) is 2.74. The summed E-state index contributed by atoms with van der Waals surface area (Å²) in [5, 5.41) is 5.70. The molecule has 0 aliphatic carbocycles. The first-order chi connectivity index (χ1) is 14.4. The van der Waals surface area contributed by atoms with E-state index < -0.39 is 0 Å². The smallest absolute Gasteiger partial charge is 0.243 e. The number of carbonyl (C=O) groups excluding carboxylic acids is 2. The molecule has 30 heavy (non-hydrogen) atoms. The van der Waals surface area contributed by atoms with E-state index in [0.717, 1.165) is 33.5 Å². The summed E-state index contributed by atoms with van der Waals surface area (Å²) in [7, 11) is 0. The van der Waals surface area contributed by atoms with Crippen LogP contribution in [0.15, 0.2) is 72.8 Å². The molecule has 4 nitrogen and oxygen atoms in total. The van der Waals surface area contributed by atoms with Crippen molar-refractivity contribution in [3.63, 3.8) is 0 Å². The van der Waals surface area contributed by atoms with Crippen LogP contribution in [0.2, 0.25) is 0 Å². The molecule has 0 aromatic heterocycles. The number of benzene rings is 3. The largest absolute Gasteiger partial charge is 0.347 e. The molecule has 3 aromatic carbocycles. The first kappa shape index (κ1) is 21.3. The Balaban J connectivity index is 1.63. The second-order valence-electron chi connectivity index (χ2n) is 7.68. The van der Waals surface area contributed by atoms with Crippen molar-refractivity contribution < 1.29 is 9.59 Å². The Hall–Kier alpha value is -3.40. The summed E-state index contributed by atoms with van der Waals surface area (Å²) in [6, 6.07) is 24.0. The summed E-state index contributed by atoms with van der Waals surface area (Å²) in [6.07, 6.45) is 0.282. The Morgan fingerprint density at radius 1 is 0.767 bits per heavy atom. The van der Waals surface area contributed by atoms with Crippen LogP contribution in [0.1, 0.15) is 40.2 Å². The standard InChI is InChI=1S/C26H28N2O2/c1-18-14-19(2)26(20(3)15-18)28-25(30)17-27-24(29)16-23(21-10-6-4-7-11-21)22-12-8-5-9-13-22/h4-15,23H,16-17H2,1-3H3,(H,27,29)(H,28,30). The maximum absolute atomic E-state index is 12.6. The van der Waals surface area contributed by atoms with E-state index in [1.807, 2.05) is 93.6 Å². The predicted octanol–water partition coefficient (Wildman–Crippen LogP) is 4.89. The molecule has 0 saturated carbocycles. The highest BCUT2D eigenvalue weighted by Gasteiger charge is 2.18. The van der Waals surface area contributed by atoms with Gasteiger partial charge >= 0.3 is 0 Å². The van der Waals surface area contributed by atoms with Crippen molar-refractivity contribution in [2.75, 3.05) is 11.9 Å². The third-order valence-corrected chi connectivity index (χ3v) is 5.18. The maximum Gasteiger partial charge on any atom is 0.243 e. The van der Waals surface area contributed by atoms with Crippen LogP contribution >= 0.6 is 0 Å². The fraction of sp³-hybridized carbons (Fsp3) is 0.231. The molecule has 0 aliphatic rings. The van der Waals surface area contributed by atoms with Gasteiger partial charge in [-0.2, -0.15) is 0 Å². The molecule has 0 radical (unpaired) electrons. The van der Waals surface area contributed by atoms with Crippen LogP contribution in [-0.4, -0.2) is 18.4 Å². The topological polar surface area (TPSA) is 58.2 Å². The number of hydrogen-bond donors (Lipinski definition) is 2. The first-order valence-electron chi connectivity index (χ1n) is 10.2. The van der Waals surface area contributed by atoms with E-state index in [0.29, 0.717) is 0 Å². The molecule has 3 rings (SSSR count). The Labute approximate surface area is 178 Å². The summed E-state index contributed by atoms with van der Waals surface area (Å²) in [5.74, 6) is -0.438. The summed E-state index contributed by atoms with van der Waals surface area (Å²) < 4.78 is 0. The zero-order chi connectivity index (χ0) is 21.5. The van der Waals surface area contributed by atoms with Gasteiger partial charge in [0.15, 0.2) is 0 Å². The van der Waals surface area contributed by atoms with Crippen LogP contribution in [0.3, 0.4) is 0 Å². The summed E-state index contributed by atoms with van der Waals surface area (Å²) in [6.45, 7) is 5.92. The van der Waals surface area contributed by atoms with Crippen LogP contribution in [0, 0.1) is 20.8 Å². The normalized spacial score (nSPS) is 10.7. The van der Waals surface area contributed by atoms with Gasteiger partial charge < -0.3 is 10.6 Å². The number of carbonyl (C=O) groups is 2. The molecule has 3 aromatic rings. The van der Waals surface area contributed by atoms with Crippen LogP contribution in [-0.2, 0) is 9.59 Å². The molecule has 4 heteroatoms. The molecule has 0 fully saturated rings. The van der Waals surface area contributed by atoms with E-state index in [2.05, 4.69) is 10.6 Å². The van der Waals surface area contributed by atoms with E-state index in [4.69, 9.17) is 0 Å². The molecule has 0 aliphatic heterocycles. The van der Waals surface area contributed by atoms with E-state index in [1.165, 1.54) is 0 Å². The number of anilines is 1. The fourth-order valence-electron chi connectivity index (χ4n) is 3.80. The Kier molecular flexibility index (Phi) is 7.02. The van der Waals surface area contributed by atoms with Crippen LogP contribution in [0.25, 0.3) is 0 Å². The second-order valence-corrected chi connectivity index (χ2v) is 7.68. The van der Waals surface area contributed by atoms with Gasteiger partial charge in [0.05, 0.1) is 6.54 Å². The molecule has 0 saturated heterocycles. The van der Waals surface area contributed by atoms with Crippen molar-refractivity contribution in [2.24, 2.45) is 0 Å². The highest BCUT2D eigenvalue weighted by atomic mass is 16.2. The molecule has 2 amide bonds. The average molecular weight is 401 g/mol. The Morgan fingerprint density at radius 3 is 1.77 bits per heavy atom. The number of hydrogen-bond acceptors (Lipinski definition) is 2. The van der Waals surface area contributed by atoms with E-state index >= 15 is 0 Å². The van der Waals surface area contributed by atoms with Crippen molar-refractivity contribution in [2.45, 2.75) is 33.1 Å². The minimum absolute atomic E-state index is 0.0537. The second kappa shape index (κ2) is 9.88. The van der Waals surface area contributed by atoms with Gasteiger partial charge in [-0.15, -0.1) is 0 Å². The molecule has 0 unspecified atom stereocenters. The Morgan fingerprint density at radius 2 is 1.27 bits per heavy atom. The zero-order valence-electron chi connectivity index (χ0n) is 17.7. The minimum atomic E-state index is -0.227. The van der Waals surface area contributed by atoms with Crippen molar-refractivity contribution in [3.05, 3.63) is 101 Å². The lowest BCUT2D eigenvalue weighted by Gasteiger charge is -2.18. The van der Waals surface area contributed by atoms with Crippen molar-refractivity contribution >= 4 is 17.5 Å². The van der Waals surface area contributed by atoms with Gasteiger partial charge in [-0.1, -0.05) is 78.4 Å². The number of rotatable bonds is 7. The minimum Gasteiger partial charge on any atom is -0.347 e. The molecule has 0 spiro atoms. The summed E-state index contributed by atoms with van der Waals surface area (Å²) in [4.78, 5) is 25.1. The van der Waals surface area contributed by atoms with Crippen molar-refractivity contribution in [1.82, 2.24) is 5.32 Å². The molecular weight excluding hydrogens is 372 g/mol. The molecule has 0 atom stereocenters. The van der Waals surface area contributed by atoms with Crippen LogP contribution in [0.4, 0.5) is 5.69 Å². The predicted molar refractivity (Wildman–Crippen MR) is 122 cm³/mol. The van der Waals surface area contributed by atoms with Gasteiger partial charge in [-0.25, -0.2) is 0 Å². The summed E-state index contributed by atoms with van der Waals surface area (Å²) >= 11 is 0. The molecule has 0 bridgehead atoms. The zero-order valence-corrected chi connectivity index (χ0v) is 17.7. The van der Waals surface area contributed by atoms with Gasteiger partial charge in [0.1, 0.15) is 0 Å². The number of nitrogens with one attached hydrogen (secondary N) is 2. The summed E-state index contributed by atoms with van der Waals surface area (Å²) in [5.41, 5.74) is 6.15. The highest BCUT2D eigenvalue weighted by molar-refractivity contribution is 5.95. The SMILES string of the molecule is Cc1cc(C)c(NC(=O)CNC(=O)CC(c2ccccc2)c2ccccc2)c(C)c1. The molecule has 2 N–H and O–H groups in total. The van der Waals surface area contributed by atoms with E-state index in [-0.39, 0.29) is 30.7 Å². The third-order valence-electron chi connectivity index (χ3n) is 5.18. The van der Waals surface area contributed by atoms with Gasteiger partial charge in [-0.3, -0.25) is 9.59 Å². The van der Waals surface area contributed by atoms with Crippen molar-refractivity contribution in [1.29, 1.82) is 0 Å². The van der Waals surface area contributed by atoms with Crippen LogP contribution in [0.5, 0.6) is 0 Å².